The smallest absolute Gasteiger partial charge is 0.407 e. The summed E-state index contributed by atoms with van der Waals surface area (Å²) in [5.41, 5.74) is 4.62. The fraction of sp³-hybridized carbons (Fsp3) is 0.464. The summed E-state index contributed by atoms with van der Waals surface area (Å²) in [6.07, 6.45) is 0.884. The van der Waals surface area contributed by atoms with E-state index in [1.165, 1.54) is 11.1 Å². The number of nitrogens with one attached hydrogen (secondary N) is 2. The molecule has 7 heteroatoms. The lowest BCUT2D eigenvalue weighted by molar-refractivity contribution is -0.138. The molecule has 2 amide bonds. The summed E-state index contributed by atoms with van der Waals surface area (Å²) in [7, 11) is 0. The highest BCUT2D eigenvalue weighted by atomic mass is 16.5. The average Bonchev–Trinajstić information content (AvgIpc) is 3.14. The average molecular weight is 481 g/mol. The van der Waals surface area contributed by atoms with E-state index < -0.39 is 12.1 Å². The fourth-order valence-corrected chi connectivity index (χ4v) is 4.81. The molecule has 1 aliphatic rings. The summed E-state index contributed by atoms with van der Waals surface area (Å²) in [4.78, 5) is 36.1. The van der Waals surface area contributed by atoms with Gasteiger partial charge >= 0.3 is 12.1 Å². The Morgan fingerprint density at radius 1 is 0.971 bits per heavy atom. The third-order valence-electron chi connectivity index (χ3n) is 6.45. The Morgan fingerprint density at radius 3 is 2.11 bits per heavy atom. The number of hydrogen-bond donors (Lipinski definition) is 3. The Kier molecular flexibility index (Phi) is 9.29. The lowest BCUT2D eigenvalue weighted by Gasteiger charge is -2.20. The topological polar surface area (TPSA) is 105 Å². The molecular weight excluding hydrogens is 444 g/mol. The number of carboxylic acid groups (broad SMARTS) is 1. The van der Waals surface area contributed by atoms with Gasteiger partial charge in [-0.1, -0.05) is 69.3 Å². The molecule has 0 fully saturated rings. The Hall–Kier alpha value is -3.35. The molecule has 0 aliphatic heterocycles. The van der Waals surface area contributed by atoms with Crippen molar-refractivity contribution in [2.24, 2.45) is 11.8 Å². The number of benzene rings is 2. The number of carbonyl (C=O) groups is 3. The predicted octanol–water partition coefficient (Wildman–Crippen LogP) is 4.95. The molecule has 0 saturated carbocycles. The molecule has 0 radical (unpaired) electrons. The first-order valence-corrected chi connectivity index (χ1v) is 12.4. The van der Waals surface area contributed by atoms with Crippen LogP contribution in [0.2, 0.25) is 0 Å². The van der Waals surface area contributed by atoms with Gasteiger partial charge in [0.1, 0.15) is 6.61 Å². The zero-order chi connectivity index (χ0) is 25.4. The van der Waals surface area contributed by atoms with E-state index in [0.717, 1.165) is 17.5 Å². The van der Waals surface area contributed by atoms with Crippen LogP contribution in [0.15, 0.2) is 48.5 Å². The second-order valence-corrected chi connectivity index (χ2v) is 9.68. The minimum absolute atomic E-state index is 0.0215. The third-order valence-corrected chi connectivity index (χ3v) is 6.45. The van der Waals surface area contributed by atoms with Crippen molar-refractivity contribution in [3.8, 4) is 11.1 Å². The molecule has 0 spiro atoms. The molecule has 0 bridgehead atoms. The second-order valence-electron chi connectivity index (χ2n) is 9.68. The minimum atomic E-state index is -0.867. The van der Waals surface area contributed by atoms with Crippen molar-refractivity contribution >= 4 is 18.0 Å². The monoisotopic (exact) mass is 480 g/mol. The second kappa shape index (κ2) is 12.4. The van der Waals surface area contributed by atoms with Crippen LogP contribution in [0.25, 0.3) is 11.1 Å². The number of alkyl carbamates (subject to hydrolysis) is 1. The van der Waals surface area contributed by atoms with E-state index in [2.05, 4.69) is 34.9 Å². The Labute approximate surface area is 207 Å². The van der Waals surface area contributed by atoms with Crippen LogP contribution >= 0.6 is 0 Å². The van der Waals surface area contributed by atoms with Gasteiger partial charge in [-0.2, -0.15) is 0 Å². The van der Waals surface area contributed by atoms with Gasteiger partial charge in [-0.15, -0.1) is 0 Å². The van der Waals surface area contributed by atoms with E-state index in [1.54, 1.807) is 0 Å². The summed E-state index contributed by atoms with van der Waals surface area (Å²) >= 11 is 0. The summed E-state index contributed by atoms with van der Waals surface area (Å²) in [6.45, 7) is 6.48. The van der Waals surface area contributed by atoms with E-state index in [4.69, 9.17) is 9.84 Å². The summed E-state index contributed by atoms with van der Waals surface area (Å²) in [5.74, 6) is -0.881. The van der Waals surface area contributed by atoms with Gasteiger partial charge in [0.25, 0.3) is 0 Å². The number of rotatable bonds is 12. The van der Waals surface area contributed by atoms with Crippen LogP contribution in [0.1, 0.15) is 63.5 Å². The van der Waals surface area contributed by atoms with Crippen LogP contribution in [-0.4, -0.2) is 42.3 Å². The van der Waals surface area contributed by atoms with Crippen molar-refractivity contribution in [1.82, 2.24) is 10.6 Å². The molecule has 2 atom stereocenters. The minimum Gasteiger partial charge on any atom is -0.481 e. The first kappa shape index (κ1) is 26.3. The molecular formula is C28H36N2O5. The van der Waals surface area contributed by atoms with Crippen molar-refractivity contribution in [1.29, 1.82) is 0 Å². The maximum atomic E-state index is 12.6. The zero-order valence-electron chi connectivity index (χ0n) is 20.8. The van der Waals surface area contributed by atoms with Crippen LogP contribution in [-0.2, 0) is 14.3 Å². The van der Waals surface area contributed by atoms with Gasteiger partial charge in [0.05, 0.1) is 0 Å². The number of aliphatic carboxylic acids is 1. The van der Waals surface area contributed by atoms with Crippen molar-refractivity contribution in [2.45, 2.75) is 58.4 Å². The highest BCUT2D eigenvalue weighted by molar-refractivity contribution is 5.79. The largest absolute Gasteiger partial charge is 0.481 e. The first-order chi connectivity index (χ1) is 16.8. The van der Waals surface area contributed by atoms with Gasteiger partial charge in [0, 0.05) is 31.3 Å². The van der Waals surface area contributed by atoms with E-state index in [-0.39, 0.29) is 43.2 Å². The first-order valence-electron chi connectivity index (χ1n) is 12.4. The van der Waals surface area contributed by atoms with Crippen LogP contribution in [0.4, 0.5) is 4.79 Å². The van der Waals surface area contributed by atoms with Gasteiger partial charge in [-0.3, -0.25) is 9.59 Å². The fourth-order valence-electron chi connectivity index (χ4n) is 4.81. The van der Waals surface area contributed by atoms with Crippen LogP contribution in [0, 0.1) is 11.8 Å². The van der Waals surface area contributed by atoms with Crippen LogP contribution < -0.4 is 10.6 Å². The van der Waals surface area contributed by atoms with Gasteiger partial charge in [-0.25, -0.2) is 4.79 Å². The lowest BCUT2D eigenvalue weighted by atomic mass is 9.94. The maximum Gasteiger partial charge on any atom is 0.407 e. The molecule has 35 heavy (non-hydrogen) atoms. The molecule has 0 aromatic heterocycles. The molecule has 0 saturated heterocycles. The lowest BCUT2D eigenvalue weighted by Crippen LogP contribution is -2.40. The summed E-state index contributed by atoms with van der Waals surface area (Å²) in [6, 6.07) is 15.9. The number of carboxylic acids is 1. The molecule has 2 aromatic carbocycles. The van der Waals surface area contributed by atoms with Crippen LogP contribution in [0.5, 0.6) is 0 Å². The van der Waals surface area contributed by atoms with Gasteiger partial charge < -0.3 is 20.5 Å². The normalized spacial score (nSPS) is 14.1. The van der Waals surface area contributed by atoms with E-state index >= 15 is 0 Å². The third kappa shape index (κ3) is 7.31. The Bertz CT molecular complexity index is 990. The highest BCUT2D eigenvalue weighted by Crippen LogP contribution is 2.44. The van der Waals surface area contributed by atoms with Gasteiger partial charge in [0.2, 0.25) is 5.91 Å². The standard InChI is InChI=1S/C28H36N2O5/c1-4-20(15-26(31)29-16-19(13-18(2)3)14-27(32)33)30-28(34)35-17-25-23-11-7-5-9-21(23)22-10-6-8-12-24(22)25/h5-12,18-20,25H,4,13-17H2,1-3H3,(H,29,31)(H,30,34)(H,32,33). The van der Waals surface area contributed by atoms with Crippen molar-refractivity contribution < 1.29 is 24.2 Å². The predicted molar refractivity (Wildman–Crippen MR) is 135 cm³/mol. The zero-order valence-corrected chi connectivity index (χ0v) is 20.8. The molecule has 7 nitrogen and oxygen atoms in total. The summed E-state index contributed by atoms with van der Waals surface area (Å²) in [5, 5.41) is 14.7. The number of hydrogen-bond acceptors (Lipinski definition) is 4. The Morgan fingerprint density at radius 2 is 1.57 bits per heavy atom. The number of carbonyl (C=O) groups excluding carboxylic acids is 2. The molecule has 1 aliphatic carbocycles. The van der Waals surface area contributed by atoms with Crippen LogP contribution in [0.3, 0.4) is 0 Å². The van der Waals surface area contributed by atoms with E-state index in [0.29, 0.717) is 18.9 Å². The van der Waals surface area contributed by atoms with Crippen molar-refractivity contribution in [2.75, 3.05) is 13.2 Å². The molecule has 3 N–H and O–H groups in total. The van der Waals surface area contributed by atoms with Crippen molar-refractivity contribution in [3.63, 3.8) is 0 Å². The molecule has 3 rings (SSSR count). The number of fused-ring (bicyclic) bond motifs is 3. The number of ether oxygens (including phenoxy) is 1. The highest BCUT2D eigenvalue weighted by Gasteiger charge is 2.29. The van der Waals surface area contributed by atoms with E-state index in [1.807, 2.05) is 45.0 Å². The molecule has 0 heterocycles. The summed E-state index contributed by atoms with van der Waals surface area (Å²) < 4.78 is 5.59. The number of amides is 2. The molecule has 188 valence electrons. The Balaban J connectivity index is 1.50. The van der Waals surface area contributed by atoms with Crippen molar-refractivity contribution in [3.05, 3.63) is 59.7 Å². The quantitative estimate of drug-likeness (QED) is 0.399. The molecule has 2 unspecified atom stereocenters. The molecule has 2 aromatic rings. The van der Waals surface area contributed by atoms with Gasteiger partial charge in [-0.05, 0) is 46.9 Å². The van der Waals surface area contributed by atoms with E-state index in [9.17, 15) is 14.4 Å². The van der Waals surface area contributed by atoms with Gasteiger partial charge in [0.15, 0.2) is 0 Å². The SMILES string of the molecule is CCC(CC(=O)NCC(CC(=O)O)CC(C)C)NC(=O)OCC1c2ccccc2-c2ccccc21. The maximum absolute atomic E-state index is 12.6.